The summed E-state index contributed by atoms with van der Waals surface area (Å²) in [6.07, 6.45) is 0. The molecule has 2 rings (SSSR count). The lowest BCUT2D eigenvalue weighted by Gasteiger charge is -2.06. The van der Waals surface area contributed by atoms with Crippen LogP contribution in [0.5, 0.6) is 0 Å². The third kappa shape index (κ3) is 3.57. The molecule has 3 nitrogen and oxygen atoms in total. The molecule has 102 valence electrons. The summed E-state index contributed by atoms with van der Waals surface area (Å²) < 4.78 is 26.8. The van der Waals surface area contributed by atoms with Crippen LogP contribution in [0.15, 0.2) is 35.2 Å². The van der Waals surface area contributed by atoms with Crippen LogP contribution in [0.3, 0.4) is 0 Å². The van der Waals surface area contributed by atoms with Crippen LogP contribution < -0.4 is 4.72 Å². The van der Waals surface area contributed by atoms with Gasteiger partial charge in [0.1, 0.15) is 0 Å². The zero-order chi connectivity index (χ0) is 14.0. The third-order valence-electron chi connectivity index (χ3n) is 2.72. The molecular formula is C13H14ClNO2S2. The van der Waals surface area contributed by atoms with Crippen LogP contribution >= 0.6 is 22.9 Å². The monoisotopic (exact) mass is 315 g/mol. The molecule has 0 radical (unpaired) electrons. The molecule has 1 N–H and O–H groups in total. The van der Waals surface area contributed by atoms with Crippen molar-refractivity contribution in [1.29, 1.82) is 0 Å². The molecule has 1 heterocycles. The van der Waals surface area contributed by atoms with Gasteiger partial charge in [-0.15, -0.1) is 11.3 Å². The Morgan fingerprint density at radius 3 is 2.37 bits per heavy atom. The molecule has 0 aliphatic heterocycles. The summed E-state index contributed by atoms with van der Waals surface area (Å²) in [4.78, 5) is 2.54. The zero-order valence-electron chi connectivity index (χ0n) is 10.6. The summed E-state index contributed by atoms with van der Waals surface area (Å²) in [5.41, 5.74) is 1.01. The second kappa shape index (κ2) is 5.63. The van der Waals surface area contributed by atoms with Gasteiger partial charge in [0.15, 0.2) is 0 Å². The highest BCUT2D eigenvalue weighted by Crippen LogP contribution is 2.21. The van der Waals surface area contributed by atoms with Gasteiger partial charge in [-0.05, 0) is 49.7 Å². The van der Waals surface area contributed by atoms with E-state index in [4.69, 9.17) is 11.6 Å². The van der Waals surface area contributed by atoms with Crippen LogP contribution in [0, 0.1) is 13.8 Å². The van der Waals surface area contributed by atoms with Crippen LogP contribution in [-0.2, 0) is 16.6 Å². The maximum absolute atomic E-state index is 12.1. The molecule has 0 spiro atoms. The lowest BCUT2D eigenvalue weighted by Crippen LogP contribution is -2.23. The molecule has 0 bridgehead atoms. The van der Waals surface area contributed by atoms with Crippen molar-refractivity contribution in [3.05, 3.63) is 50.7 Å². The first-order valence-electron chi connectivity index (χ1n) is 5.69. The molecule has 0 amide bonds. The van der Waals surface area contributed by atoms with E-state index in [1.165, 1.54) is 17.0 Å². The number of benzene rings is 1. The Balaban J connectivity index is 2.14. The van der Waals surface area contributed by atoms with Gasteiger partial charge in [-0.25, -0.2) is 13.1 Å². The molecule has 19 heavy (non-hydrogen) atoms. The first-order chi connectivity index (χ1) is 8.88. The average molecular weight is 316 g/mol. The van der Waals surface area contributed by atoms with Crippen molar-refractivity contribution >= 4 is 33.0 Å². The fourth-order valence-corrected chi connectivity index (χ4v) is 3.81. The molecule has 0 aliphatic rings. The number of hydrogen-bond donors (Lipinski definition) is 1. The van der Waals surface area contributed by atoms with Crippen molar-refractivity contribution < 1.29 is 8.42 Å². The fraction of sp³-hybridized carbons (Fsp3) is 0.231. The summed E-state index contributed by atoms with van der Waals surface area (Å²) in [7, 11) is -3.49. The van der Waals surface area contributed by atoms with Gasteiger partial charge < -0.3 is 0 Å². The molecular weight excluding hydrogens is 302 g/mol. The summed E-state index contributed by atoms with van der Waals surface area (Å²) in [6.45, 7) is 4.31. The summed E-state index contributed by atoms with van der Waals surface area (Å²) in [6, 6.07) is 8.13. The number of aryl methyl sites for hydroxylation is 2. The maximum Gasteiger partial charge on any atom is 0.240 e. The zero-order valence-corrected chi connectivity index (χ0v) is 13.0. The van der Waals surface area contributed by atoms with Crippen LogP contribution in [0.2, 0.25) is 5.02 Å². The van der Waals surface area contributed by atoms with Crippen molar-refractivity contribution in [3.8, 4) is 0 Å². The molecule has 2 aromatic rings. The molecule has 0 atom stereocenters. The molecule has 0 saturated heterocycles. The highest BCUT2D eigenvalue weighted by molar-refractivity contribution is 7.89. The minimum atomic E-state index is -3.49. The smallest absolute Gasteiger partial charge is 0.207 e. The predicted molar refractivity (Wildman–Crippen MR) is 79.3 cm³/mol. The highest BCUT2D eigenvalue weighted by atomic mass is 35.5. The summed E-state index contributed by atoms with van der Waals surface area (Å²) in [5.74, 6) is 0. The number of halogens is 1. The van der Waals surface area contributed by atoms with Crippen LogP contribution in [-0.4, -0.2) is 8.42 Å². The van der Waals surface area contributed by atoms with Crippen molar-refractivity contribution in [1.82, 2.24) is 4.72 Å². The topological polar surface area (TPSA) is 46.2 Å². The number of hydrogen-bond acceptors (Lipinski definition) is 3. The molecule has 0 aliphatic carbocycles. The Hall–Kier alpha value is -0.880. The average Bonchev–Trinajstić information content (AvgIpc) is 2.66. The van der Waals surface area contributed by atoms with E-state index in [2.05, 4.69) is 4.72 Å². The third-order valence-corrected chi connectivity index (χ3v) is 5.40. The summed E-state index contributed by atoms with van der Waals surface area (Å²) >= 11 is 7.41. The second-order valence-electron chi connectivity index (χ2n) is 4.22. The minimum absolute atomic E-state index is 0.224. The molecule has 6 heteroatoms. The van der Waals surface area contributed by atoms with Gasteiger partial charge in [0.2, 0.25) is 10.0 Å². The summed E-state index contributed by atoms with van der Waals surface area (Å²) in [5, 5.41) is 0.517. The van der Waals surface area contributed by atoms with Crippen molar-refractivity contribution in [2.75, 3.05) is 0 Å². The first kappa shape index (κ1) is 14.5. The van der Waals surface area contributed by atoms with Crippen molar-refractivity contribution in [2.45, 2.75) is 25.3 Å². The number of rotatable bonds is 4. The van der Waals surface area contributed by atoms with E-state index < -0.39 is 10.0 Å². The van der Waals surface area contributed by atoms with E-state index in [9.17, 15) is 8.42 Å². The van der Waals surface area contributed by atoms with E-state index in [0.29, 0.717) is 11.6 Å². The van der Waals surface area contributed by atoms with Crippen LogP contribution in [0.4, 0.5) is 0 Å². The molecule has 1 aromatic carbocycles. The van der Waals surface area contributed by atoms with Crippen LogP contribution in [0.1, 0.15) is 15.3 Å². The van der Waals surface area contributed by atoms with Gasteiger partial charge in [0.05, 0.1) is 4.90 Å². The van der Waals surface area contributed by atoms with Gasteiger partial charge in [-0.3, -0.25) is 0 Å². The maximum atomic E-state index is 12.1. The normalized spacial score (nSPS) is 11.7. The number of sulfonamides is 1. The predicted octanol–water partition coefficient (Wildman–Crippen LogP) is 3.50. The van der Waals surface area contributed by atoms with Crippen molar-refractivity contribution in [3.63, 3.8) is 0 Å². The van der Waals surface area contributed by atoms with Gasteiger partial charge in [-0.1, -0.05) is 11.6 Å². The number of nitrogens with one attached hydrogen (secondary N) is 1. The largest absolute Gasteiger partial charge is 0.240 e. The quantitative estimate of drug-likeness (QED) is 0.938. The Bertz CT molecular complexity index is 675. The van der Waals surface area contributed by atoms with E-state index in [-0.39, 0.29) is 4.90 Å². The molecule has 0 unspecified atom stereocenters. The molecule has 0 fully saturated rings. The Labute approximate surface area is 122 Å². The van der Waals surface area contributed by atoms with Gasteiger partial charge in [-0.2, -0.15) is 0 Å². The van der Waals surface area contributed by atoms with E-state index in [1.54, 1.807) is 23.5 Å². The lowest BCUT2D eigenvalue weighted by molar-refractivity contribution is 0.581. The molecule has 1 aromatic heterocycles. The van der Waals surface area contributed by atoms with E-state index in [0.717, 1.165) is 10.4 Å². The lowest BCUT2D eigenvalue weighted by atomic mass is 10.2. The minimum Gasteiger partial charge on any atom is -0.207 e. The Kier molecular flexibility index (Phi) is 4.30. The number of thiophene rings is 1. The van der Waals surface area contributed by atoms with Crippen molar-refractivity contribution in [2.24, 2.45) is 0 Å². The van der Waals surface area contributed by atoms with E-state index >= 15 is 0 Å². The first-order valence-corrected chi connectivity index (χ1v) is 8.37. The van der Waals surface area contributed by atoms with E-state index in [1.807, 2.05) is 19.9 Å². The SMILES string of the molecule is Cc1cc(CNS(=O)(=O)c2ccc(Cl)cc2)c(C)s1. The van der Waals surface area contributed by atoms with Gasteiger partial charge in [0.25, 0.3) is 0 Å². The fourth-order valence-electron chi connectivity index (χ4n) is 1.73. The van der Waals surface area contributed by atoms with Crippen LogP contribution in [0.25, 0.3) is 0 Å². The van der Waals surface area contributed by atoms with Gasteiger partial charge in [0, 0.05) is 21.3 Å². The Morgan fingerprint density at radius 2 is 1.84 bits per heavy atom. The highest BCUT2D eigenvalue weighted by Gasteiger charge is 2.14. The molecule has 0 saturated carbocycles. The van der Waals surface area contributed by atoms with Gasteiger partial charge >= 0.3 is 0 Å². The Morgan fingerprint density at radius 1 is 1.21 bits per heavy atom. The second-order valence-corrected chi connectivity index (χ2v) is 7.88. The standard InChI is InChI=1S/C13H14ClNO2S2/c1-9-7-11(10(2)18-9)8-15-19(16,17)13-5-3-12(14)4-6-13/h3-7,15H,8H2,1-2H3.